The lowest BCUT2D eigenvalue weighted by atomic mass is 9.79. The standard InChI is InChI=1S/C16H21N3OS/c17-10-12-6-4-5-9-14(12)16-18-15(19-20-16)11-21-13-7-2-1-3-8-13/h1-3,7-8,12,14H,4-6,9-11,17H2. The molecule has 0 aliphatic heterocycles. The van der Waals surface area contributed by atoms with Gasteiger partial charge in [-0.2, -0.15) is 4.98 Å². The van der Waals surface area contributed by atoms with Crippen molar-refractivity contribution in [3.8, 4) is 0 Å². The van der Waals surface area contributed by atoms with Crippen molar-refractivity contribution in [3.05, 3.63) is 42.0 Å². The van der Waals surface area contributed by atoms with E-state index >= 15 is 0 Å². The molecule has 0 spiro atoms. The molecule has 0 bridgehead atoms. The number of benzene rings is 1. The summed E-state index contributed by atoms with van der Waals surface area (Å²) >= 11 is 1.73. The summed E-state index contributed by atoms with van der Waals surface area (Å²) in [5.41, 5.74) is 5.88. The Morgan fingerprint density at radius 3 is 2.81 bits per heavy atom. The Hall–Kier alpha value is -1.33. The zero-order valence-corrected chi connectivity index (χ0v) is 12.9. The van der Waals surface area contributed by atoms with Crippen molar-refractivity contribution in [3.63, 3.8) is 0 Å². The van der Waals surface area contributed by atoms with Gasteiger partial charge in [-0.25, -0.2) is 0 Å². The maximum Gasteiger partial charge on any atom is 0.230 e. The summed E-state index contributed by atoms with van der Waals surface area (Å²) in [7, 11) is 0. The van der Waals surface area contributed by atoms with Crippen molar-refractivity contribution in [1.29, 1.82) is 0 Å². The quantitative estimate of drug-likeness (QED) is 0.855. The predicted molar refractivity (Wildman–Crippen MR) is 84.1 cm³/mol. The molecule has 1 aliphatic carbocycles. The van der Waals surface area contributed by atoms with E-state index in [0.29, 0.717) is 18.4 Å². The van der Waals surface area contributed by atoms with Crippen LogP contribution in [0.15, 0.2) is 39.8 Å². The van der Waals surface area contributed by atoms with E-state index in [4.69, 9.17) is 10.3 Å². The first-order chi connectivity index (χ1) is 10.4. The van der Waals surface area contributed by atoms with Gasteiger partial charge in [0, 0.05) is 10.8 Å². The molecule has 1 aromatic heterocycles. The Morgan fingerprint density at radius 2 is 2.00 bits per heavy atom. The number of aromatic nitrogens is 2. The van der Waals surface area contributed by atoms with Crippen molar-refractivity contribution >= 4 is 11.8 Å². The average Bonchev–Trinajstić information content (AvgIpc) is 3.02. The lowest BCUT2D eigenvalue weighted by Crippen LogP contribution is -2.25. The summed E-state index contributed by atoms with van der Waals surface area (Å²) in [4.78, 5) is 5.82. The molecule has 4 nitrogen and oxygen atoms in total. The van der Waals surface area contributed by atoms with E-state index in [2.05, 4.69) is 22.3 Å². The van der Waals surface area contributed by atoms with Crippen LogP contribution in [-0.2, 0) is 5.75 Å². The van der Waals surface area contributed by atoms with Crippen LogP contribution in [0, 0.1) is 5.92 Å². The van der Waals surface area contributed by atoms with E-state index < -0.39 is 0 Å². The van der Waals surface area contributed by atoms with Gasteiger partial charge in [0.1, 0.15) is 0 Å². The SMILES string of the molecule is NCC1CCCCC1c1nc(CSc2ccccc2)no1. The molecule has 112 valence electrons. The molecule has 0 amide bonds. The van der Waals surface area contributed by atoms with Crippen molar-refractivity contribution in [1.82, 2.24) is 10.1 Å². The molecule has 21 heavy (non-hydrogen) atoms. The maximum absolute atomic E-state index is 5.88. The van der Waals surface area contributed by atoms with Gasteiger partial charge in [-0.15, -0.1) is 11.8 Å². The molecule has 5 heteroatoms. The predicted octanol–water partition coefficient (Wildman–Crippen LogP) is 3.59. The summed E-state index contributed by atoms with van der Waals surface area (Å²) < 4.78 is 5.49. The summed E-state index contributed by atoms with van der Waals surface area (Å²) in [5, 5.41) is 4.13. The van der Waals surface area contributed by atoms with Gasteiger partial charge in [0.15, 0.2) is 5.82 Å². The van der Waals surface area contributed by atoms with Gasteiger partial charge >= 0.3 is 0 Å². The Bertz CT molecular complexity index is 558. The number of rotatable bonds is 5. The molecule has 1 fully saturated rings. The van der Waals surface area contributed by atoms with E-state index in [1.54, 1.807) is 11.8 Å². The van der Waals surface area contributed by atoms with Crippen molar-refractivity contribution in [2.75, 3.05) is 6.54 Å². The third-order valence-corrected chi connectivity index (χ3v) is 5.13. The van der Waals surface area contributed by atoms with Crippen LogP contribution in [0.4, 0.5) is 0 Å². The molecular formula is C16H21N3OS. The van der Waals surface area contributed by atoms with Gasteiger partial charge in [-0.3, -0.25) is 0 Å². The number of nitrogens with two attached hydrogens (primary N) is 1. The van der Waals surface area contributed by atoms with E-state index in [-0.39, 0.29) is 0 Å². The minimum atomic E-state index is 0.353. The summed E-state index contributed by atoms with van der Waals surface area (Å²) in [6, 6.07) is 10.3. The van der Waals surface area contributed by atoms with Gasteiger partial charge in [0.05, 0.1) is 5.75 Å². The smallest absolute Gasteiger partial charge is 0.230 e. The Morgan fingerprint density at radius 1 is 1.19 bits per heavy atom. The van der Waals surface area contributed by atoms with Gasteiger partial charge in [-0.1, -0.05) is 36.2 Å². The molecule has 1 aromatic carbocycles. The molecule has 0 saturated heterocycles. The van der Waals surface area contributed by atoms with E-state index in [0.717, 1.165) is 23.9 Å². The molecule has 2 atom stereocenters. The molecule has 2 N–H and O–H groups in total. The lowest BCUT2D eigenvalue weighted by Gasteiger charge is -2.27. The van der Waals surface area contributed by atoms with Gasteiger partial charge in [0.2, 0.25) is 5.89 Å². The highest BCUT2D eigenvalue weighted by Crippen LogP contribution is 2.36. The molecule has 2 aromatic rings. The fourth-order valence-electron chi connectivity index (χ4n) is 2.96. The molecule has 1 aliphatic rings. The van der Waals surface area contributed by atoms with E-state index in [9.17, 15) is 0 Å². The zero-order valence-electron chi connectivity index (χ0n) is 12.1. The minimum Gasteiger partial charge on any atom is -0.339 e. The van der Waals surface area contributed by atoms with E-state index in [1.807, 2.05) is 18.2 Å². The third kappa shape index (κ3) is 3.66. The first-order valence-electron chi connectivity index (χ1n) is 7.57. The average molecular weight is 303 g/mol. The number of hydrogen-bond donors (Lipinski definition) is 1. The number of thioether (sulfide) groups is 1. The van der Waals surface area contributed by atoms with Crippen LogP contribution in [-0.4, -0.2) is 16.7 Å². The lowest BCUT2D eigenvalue weighted by molar-refractivity contribution is 0.249. The molecule has 1 saturated carbocycles. The van der Waals surface area contributed by atoms with Crippen LogP contribution >= 0.6 is 11.8 Å². The molecule has 2 unspecified atom stereocenters. The van der Waals surface area contributed by atoms with Crippen LogP contribution in [0.2, 0.25) is 0 Å². The molecular weight excluding hydrogens is 282 g/mol. The Balaban J connectivity index is 1.63. The first-order valence-corrected chi connectivity index (χ1v) is 8.56. The Kier molecular flexibility index (Phi) is 4.93. The van der Waals surface area contributed by atoms with Gasteiger partial charge in [0.25, 0.3) is 0 Å². The minimum absolute atomic E-state index is 0.353. The van der Waals surface area contributed by atoms with Crippen molar-refractivity contribution < 1.29 is 4.52 Å². The highest BCUT2D eigenvalue weighted by molar-refractivity contribution is 7.98. The van der Waals surface area contributed by atoms with Crippen LogP contribution in [0.1, 0.15) is 43.3 Å². The van der Waals surface area contributed by atoms with Crippen molar-refractivity contribution in [2.45, 2.75) is 42.2 Å². The second kappa shape index (κ2) is 7.09. The fourth-order valence-corrected chi connectivity index (χ4v) is 3.72. The first kappa shape index (κ1) is 14.6. The van der Waals surface area contributed by atoms with Gasteiger partial charge < -0.3 is 10.3 Å². The highest BCUT2D eigenvalue weighted by atomic mass is 32.2. The summed E-state index contributed by atoms with van der Waals surface area (Å²) in [6.45, 7) is 0.709. The van der Waals surface area contributed by atoms with Gasteiger partial charge in [-0.05, 0) is 37.4 Å². The highest BCUT2D eigenvalue weighted by Gasteiger charge is 2.29. The molecule has 0 radical (unpaired) electrons. The second-order valence-corrected chi connectivity index (χ2v) is 6.59. The number of nitrogens with zero attached hydrogens (tertiary/aromatic N) is 2. The van der Waals surface area contributed by atoms with Crippen molar-refractivity contribution in [2.24, 2.45) is 11.7 Å². The largest absolute Gasteiger partial charge is 0.339 e. The third-order valence-electron chi connectivity index (χ3n) is 4.12. The summed E-state index contributed by atoms with van der Waals surface area (Å²) in [6.07, 6.45) is 4.80. The normalized spacial score (nSPS) is 22.3. The Labute approximate surface area is 129 Å². The second-order valence-electron chi connectivity index (χ2n) is 5.54. The molecule has 3 rings (SSSR count). The summed E-state index contributed by atoms with van der Waals surface area (Å²) in [5.74, 6) is 3.16. The van der Waals surface area contributed by atoms with E-state index in [1.165, 1.54) is 24.2 Å². The molecule has 1 heterocycles. The fraction of sp³-hybridized carbons (Fsp3) is 0.500. The van der Waals surface area contributed by atoms with Crippen LogP contribution in [0.25, 0.3) is 0 Å². The van der Waals surface area contributed by atoms with Crippen LogP contribution < -0.4 is 5.73 Å². The maximum atomic E-state index is 5.88. The zero-order chi connectivity index (χ0) is 14.5. The van der Waals surface area contributed by atoms with Crippen LogP contribution in [0.5, 0.6) is 0 Å². The topological polar surface area (TPSA) is 64.9 Å². The van der Waals surface area contributed by atoms with Crippen LogP contribution in [0.3, 0.4) is 0 Å². The monoisotopic (exact) mass is 303 g/mol. The number of hydrogen-bond acceptors (Lipinski definition) is 5.